The lowest BCUT2D eigenvalue weighted by atomic mass is 9.98. The fourth-order valence-corrected chi connectivity index (χ4v) is 6.02. The number of pyridine rings is 1. The van der Waals surface area contributed by atoms with Gasteiger partial charge in [0.05, 0.1) is 10.6 Å². The molecule has 6 nitrogen and oxygen atoms in total. The first kappa shape index (κ1) is 28.7. The van der Waals surface area contributed by atoms with Gasteiger partial charge in [-0.2, -0.15) is 0 Å². The van der Waals surface area contributed by atoms with Crippen LogP contribution in [0.3, 0.4) is 0 Å². The van der Waals surface area contributed by atoms with E-state index in [0.717, 1.165) is 69.3 Å². The quantitative estimate of drug-likeness (QED) is 0.356. The van der Waals surface area contributed by atoms with Gasteiger partial charge in [-0.3, -0.25) is 14.6 Å². The van der Waals surface area contributed by atoms with E-state index in [0.29, 0.717) is 34.1 Å². The van der Waals surface area contributed by atoms with Crippen LogP contribution in [0.4, 0.5) is 14.6 Å². The molecule has 0 spiro atoms. The van der Waals surface area contributed by atoms with Gasteiger partial charge in [0.1, 0.15) is 5.82 Å². The molecule has 1 atom stereocenters. The van der Waals surface area contributed by atoms with Crippen LogP contribution in [0.15, 0.2) is 54.7 Å². The number of anilines is 1. The van der Waals surface area contributed by atoms with Crippen molar-refractivity contribution in [2.75, 3.05) is 44.2 Å². The highest BCUT2D eigenvalue weighted by atomic mass is 35.5. The third-order valence-electron chi connectivity index (χ3n) is 8.05. The summed E-state index contributed by atoms with van der Waals surface area (Å²) in [7, 11) is 0. The molecule has 1 unspecified atom stereocenters. The molecule has 2 saturated heterocycles. The van der Waals surface area contributed by atoms with Crippen LogP contribution in [0.5, 0.6) is 0 Å². The maximum absolute atomic E-state index is 13.4. The number of hydrogen-bond donors (Lipinski definition) is 1. The summed E-state index contributed by atoms with van der Waals surface area (Å²) in [5.74, 6) is -1.58. The van der Waals surface area contributed by atoms with Crippen LogP contribution in [-0.2, 0) is 6.54 Å². The molecule has 2 aromatic carbocycles. The predicted octanol–water partition coefficient (Wildman–Crippen LogP) is 6.19. The Kier molecular flexibility index (Phi) is 9.20. The van der Waals surface area contributed by atoms with Crippen molar-refractivity contribution in [2.45, 2.75) is 38.4 Å². The molecule has 0 bridgehead atoms. The molecule has 214 valence electrons. The molecule has 0 radical (unpaired) electrons. The minimum Gasteiger partial charge on any atom is -0.353 e. The van der Waals surface area contributed by atoms with Crippen LogP contribution in [-0.4, -0.2) is 66.0 Å². The van der Waals surface area contributed by atoms with Gasteiger partial charge in [0, 0.05) is 70.5 Å². The summed E-state index contributed by atoms with van der Waals surface area (Å²) in [5, 5.41) is 3.88. The smallest absolute Gasteiger partial charge is 0.253 e. The Bertz CT molecular complexity index is 1330. The predicted molar refractivity (Wildman–Crippen MR) is 157 cm³/mol. The number of benzene rings is 2. The van der Waals surface area contributed by atoms with Gasteiger partial charge in [-0.15, -0.1) is 0 Å². The van der Waals surface area contributed by atoms with Gasteiger partial charge < -0.3 is 10.2 Å². The van der Waals surface area contributed by atoms with Crippen molar-refractivity contribution in [3.63, 3.8) is 0 Å². The number of amides is 1. The number of nitrogens with one attached hydrogen (secondary N) is 1. The third kappa shape index (κ3) is 6.74. The van der Waals surface area contributed by atoms with Gasteiger partial charge in [-0.05, 0) is 61.2 Å². The number of carbonyl (C=O) groups excluding carboxylic acids is 1. The Morgan fingerprint density at radius 2 is 1.70 bits per heavy atom. The van der Waals surface area contributed by atoms with E-state index < -0.39 is 11.6 Å². The van der Waals surface area contributed by atoms with Crippen LogP contribution in [0.2, 0.25) is 10.0 Å². The van der Waals surface area contributed by atoms with E-state index in [-0.39, 0.29) is 13.9 Å². The highest BCUT2D eigenvalue weighted by Gasteiger charge is 2.30. The van der Waals surface area contributed by atoms with Gasteiger partial charge in [-0.25, -0.2) is 13.8 Å². The number of likely N-dealkylation sites (tertiary alicyclic amines) is 1. The minimum absolute atomic E-state index is 0. The van der Waals surface area contributed by atoms with Crippen LogP contribution in [0.25, 0.3) is 0 Å². The number of hydrogen-bond acceptors (Lipinski definition) is 5. The topological polar surface area (TPSA) is 51.7 Å². The Labute approximate surface area is 245 Å². The lowest BCUT2D eigenvalue weighted by Crippen LogP contribution is -2.53. The van der Waals surface area contributed by atoms with Crippen LogP contribution < -0.4 is 10.2 Å². The average Bonchev–Trinajstić information content (AvgIpc) is 2.98. The summed E-state index contributed by atoms with van der Waals surface area (Å²) < 4.78 is 26.5. The zero-order valence-corrected chi connectivity index (χ0v) is 23.9. The van der Waals surface area contributed by atoms with Crippen molar-refractivity contribution in [3.05, 3.63) is 93.1 Å². The van der Waals surface area contributed by atoms with E-state index in [1.165, 1.54) is 17.8 Å². The van der Waals surface area contributed by atoms with Crippen LogP contribution >= 0.6 is 23.2 Å². The number of halogens is 4. The van der Waals surface area contributed by atoms with Crippen LogP contribution in [0.1, 0.15) is 48.7 Å². The molecule has 2 aliphatic heterocycles. The van der Waals surface area contributed by atoms with Crippen LogP contribution in [0, 0.1) is 11.6 Å². The monoisotopic (exact) mass is 589 g/mol. The van der Waals surface area contributed by atoms with E-state index in [2.05, 4.69) is 44.1 Å². The molecule has 5 rings (SSSR count). The highest BCUT2D eigenvalue weighted by molar-refractivity contribution is 6.33. The van der Waals surface area contributed by atoms with Gasteiger partial charge in [0.15, 0.2) is 11.6 Å². The van der Waals surface area contributed by atoms with E-state index in [9.17, 15) is 13.6 Å². The molecule has 0 saturated carbocycles. The molecule has 1 amide bonds. The normalized spacial score (nSPS) is 18.1. The Balaban J connectivity index is 0.00000387. The minimum atomic E-state index is -0.949. The number of rotatable bonds is 7. The van der Waals surface area contributed by atoms with Gasteiger partial charge in [0.25, 0.3) is 5.91 Å². The lowest BCUT2D eigenvalue weighted by Gasteiger charge is -2.44. The summed E-state index contributed by atoms with van der Waals surface area (Å²) in [5.41, 5.74) is 2.07. The van der Waals surface area contributed by atoms with Crippen molar-refractivity contribution >= 4 is 34.9 Å². The highest BCUT2D eigenvalue weighted by Crippen LogP contribution is 2.29. The largest absolute Gasteiger partial charge is 0.353 e. The first-order valence-electron chi connectivity index (χ1n) is 13.6. The number of piperazine rings is 1. The fourth-order valence-electron chi connectivity index (χ4n) is 5.61. The standard InChI is InChI=1S/C30H33Cl2F2N5O.H2/c1-20(22-3-5-24(31)6-4-22)37-10-8-25(9-11-37)38-12-14-39(15-13-38)29-26(32)17-23(19-35-29)30(40)36-18-21-2-7-27(33)28(34)16-21;/h2-7,16-17,19-20,25H,8-15,18H2,1H3,(H,36,40);1H. The number of nitrogens with zero attached hydrogens (tertiary/aromatic N) is 4. The third-order valence-corrected chi connectivity index (χ3v) is 8.58. The number of carbonyl (C=O) groups is 1. The van der Waals surface area contributed by atoms with Crippen molar-refractivity contribution in [2.24, 2.45) is 0 Å². The Hall–Kier alpha value is -2.78. The summed E-state index contributed by atoms with van der Waals surface area (Å²) in [6.45, 7) is 7.98. The first-order chi connectivity index (χ1) is 19.3. The first-order valence-corrected chi connectivity index (χ1v) is 14.4. The zero-order valence-electron chi connectivity index (χ0n) is 22.4. The molecule has 10 heteroatoms. The summed E-state index contributed by atoms with van der Waals surface area (Å²) in [6, 6.07) is 14.2. The molecule has 0 aliphatic carbocycles. The molecular weight excluding hydrogens is 555 g/mol. The molecule has 3 aromatic rings. The number of aromatic nitrogens is 1. The molecule has 1 aromatic heterocycles. The second-order valence-corrected chi connectivity index (χ2v) is 11.3. The van der Waals surface area contributed by atoms with Crippen molar-refractivity contribution in [1.82, 2.24) is 20.1 Å². The van der Waals surface area contributed by atoms with Gasteiger partial charge >= 0.3 is 0 Å². The van der Waals surface area contributed by atoms with Crippen molar-refractivity contribution in [3.8, 4) is 0 Å². The Morgan fingerprint density at radius 1 is 1.00 bits per heavy atom. The molecule has 3 heterocycles. The SMILES string of the molecule is CC(c1ccc(Cl)cc1)N1CCC(N2CCN(c3ncc(C(=O)NCc4ccc(F)c(F)c4)cc3Cl)CC2)CC1.[HH]. The Morgan fingerprint density at radius 3 is 2.35 bits per heavy atom. The molecule has 2 fully saturated rings. The van der Waals surface area contributed by atoms with Crippen molar-refractivity contribution in [1.29, 1.82) is 0 Å². The zero-order chi connectivity index (χ0) is 28.2. The second-order valence-electron chi connectivity index (χ2n) is 10.5. The molecule has 2 aliphatic rings. The fraction of sp³-hybridized carbons (Fsp3) is 0.400. The van der Waals surface area contributed by atoms with Gasteiger partial charge in [-0.1, -0.05) is 41.4 Å². The molecule has 1 N–H and O–H groups in total. The maximum Gasteiger partial charge on any atom is 0.253 e. The summed E-state index contributed by atoms with van der Waals surface area (Å²) in [6.07, 6.45) is 3.79. The summed E-state index contributed by atoms with van der Waals surface area (Å²) >= 11 is 12.6. The van der Waals surface area contributed by atoms with E-state index in [1.807, 2.05) is 12.1 Å². The summed E-state index contributed by atoms with van der Waals surface area (Å²) in [4.78, 5) is 24.4. The maximum atomic E-state index is 13.4. The van der Waals surface area contributed by atoms with E-state index >= 15 is 0 Å². The van der Waals surface area contributed by atoms with E-state index in [1.54, 1.807) is 6.07 Å². The second kappa shape index (κ2) is 12.8. The lowest BCUT2D eigenvalue weighted by molar-refractivity contribution is 0.0839. The van der Waals surface area contributed by atoms with Crippen molar-refractivity contribution < 1.29 is 15.0 Å². The van der Waals surface area contributed by atoms with E-state index in [4.69, 9.17) is 23.2 Å². The van der Waals surface area contributed by atoms with Gasteiger partial charge in [0.2, 0.25) is 0 Å². The average molecular weight is 591 g/mol. The molecule has 40 heavy (non-hydrogen) atoms. The molecular formula is C30H35Cl2F2N5O. The number of piperidine rings is 1.